The fourth-order valence-corrected chi connectivity index (χ4v) is 4.56. The predicted octanol–water partition coefficient (Wildman–Crippen LogP) is 4.44. The highest BCUT2D eigenvalue weighted by Gasteiger charge is 2.29. The molecule has 0 bridgehead atoms. The SMILES string of the molecule is CCC1CCc2c(sc(NC(=O)c3cccc(F)c3)c2C(=O)OC)C1. The standard InChI is InChI=1S/C19H20FNO3S/c1-3-11-7-8-14-15(9-11)25-18(16(14)19(23)24-2)21-17(22)12-5-4-6-13(20)10-12/h4-6,10-11H,3,7-9H2,1-2H3,(H,21,22). The van der Waals surface area contributed by atoms with Crippen LogP contribution in [0.5, 0.6) is 0 Å². The van der Waals surface area contributed by atoms with Gasteiger partial charge in [0.15, 0.2) is 0 Å². The Morgan fingerprint density at radius 1 is 1.40 bits per heavy atom. The first-order chi connectivity index (χ1) is 12.0. The first kappa shape index (κ1) is 17.6. The fraction of sp³-hybridized carbons (Fsp3) is 0.368. The van der Waals surface area contributed by atoms with Gasteiger partial charge in [0, 0.05) is 10.4 Å². The van der Waals surface area contributed by atoms with Crippen molar-refractivity contribution in [2.24, 2.45) is 5.92 Å². The van der Waals surface area contributed by atoms with E-state index in [1.54, 1.807) is 0 Å². The first-order valence-electron chi connectivity index (χ1n) is 8.33. The van der Waals surface area contributed by atoms with E-state index in [1.807, 2.05) is 0 Å². The van der Waals surface area contributed by atoms with Gasteiger partial charge in [-0.15, -0.1) is 11.3 Å². The normalized spacial score (nSPS) is 16.2. The van der Waals surface area contributed by atoms with Crippen molar-refractivity contribution in [1.29, 1.82) is 0 Å². The zero-order valence-electron chi connectivity index (χ0n) is 14.2. The minimum absolute atomic E-state index is 0.216. The molecule has 0 radical (unpaired) electrons. The van der Waals surface area contributed by atoms with Crippen molar-refractivity contribution < 1.29 is 18.7 Å². The molecule has 132 valence electrons. The van der Waals surface area contributed by atoms with E-state index < -0.39 is 17.7 Å². The Hall–Kier alpha value is -2.21. The van der Waals surface area contributed by atoms with Gasteiger partial charge in [-0.25, -0.2) is 9.18 Å². The van der Waals surface area contributed by atoms with Crippen molar-refractivity contribution in [3.05, 3.63) is 51.7 Å². The average molecular weight is 361 g/mol. The van der Waals surface area contributed by atoms with Crippen LogP contribution in [0.1, 0.15) is 50.9 Å². The van der Waals surface area contributed by atoms with E-state index in [0.717, 1.165) is 36.1 Å². The van der Waals surface area contributed by atoms with Crippen LogP contribution in [-0.4, -0.2) is 19.0 Å². The second-order valence-electron chi connectivity index (χ2n) is 6.18. The Morgan fingerprint density at radius 3 is 2.88 bits per heavy atom. The summed E-state index contributed by atoms with van der Waals surface area (Å²) in [6.45, 7) is 2.16. The number of anilines is 1. The number of fused-ring (bicyclic) bond motifs is 1. The predicted molar refractivity (Wildman–Crippen MR) is 95.8 cm³/mol. The van der Waals surface area contributed by atoms with Gasteiger partial charge in [0.1, 0.15) is 10.8 Å². The monoisotopic (exact) mass is 361 g/mol. The largest absolute Gasteiger partial charge is 0.465 e. The molecule has 2 aromatic rings. The molecule has 1 heterocycles. The molecule has 1 N–H and O–H groups in total. The summed E-state index contributed by atoms with van der Waals surface area (Å²) in [5.74, 6) is -0.752. The summed E-state index contributed by atoms with van der Waals surface area (Å²) >= 11 is 1.43. The van der Waals surface area contributed by atoms with Gasteiger partial charge in [-0.3, -0.25) is 4.79 Å². The second kappa shape index (κ2) is 7.35. The van der Waals surface area contributed by atoms with E-state index in [2.05, 4.69) is 12.2 Å². The van der Waals surface area contributed by atoms with Crippen LogP contribution in [0.3, 0.4) is 0 Å². The molecule has 0 aliphatic heterocycles. The fourth-order valence-electron chi connectivity index (χ4n) is 3.21. The lowest BCUT2D eigenvalue weighted by molar-refractivity contribution is 0.0601. The molecule has 1 aliphatic carbocycles. The maximum Gasteiger partial charge on any atom is 0.341 e. The number of esters is 1. The number of carbonyl (C=O) groups is 2. The van der Waals surface area contributed by atoms with Gasteiger partial charge in [-0.1, -0.05) is 19.4 Å². The number of thiophene rings is 1. The zero-order valence-corrected chi connectivity index (χ0v) is 15.0. The summed E-state index contributed by atoms with van der Waals surface area (Å²) in [5, 5.41) is 3.26. The Kier molecular flexibility index (Phi) is 5.18. The summed E-state index contributed by atoms with van der Waals surface area (Å²) in [6.07, 6.45) is 3.85. The number of rotatable bonds is 4. The van der Waals surface area contributed by atoms with Gasteiger partial charge in [0.05, 0.1) is 12.7 Å². The molecule has 1 atom stereocenters. The Balaban J connectivity index is 1.94. The number of ether oxygens (including phenoxy) is 1. The molecule has 0 fully saturated rings. The van der Waals surface area contributed by atoms with Crippen molar-refractivity contribution in [2.45, 2.75) is 32.6 Å². The van der Waals surface area contributed by atoms with E-state index in [4.69, 9.17) is 4.74 Å². The maximum atomic E-state index is 13.3. The first-order valence-corrected chi connectivity index (χ1v) is 9.14. The van der Waals surface area contributed by atoms with Crippen molar-refractivity contribution in [3.8, 4) is 0 Å². The smallest absolute Gasteiger partial charge is 0.341 e. The highest BCUT2D eigenvalue weighted by Crippen LogP contribution is 2.40. The minimum Gasteiger partial charge on any atom is -0.465 e. The van der Waals surface area contributed by atoms with Gasteiger partial charge in [-0.2, -0.15) is 0 Å². The maximum absolute atomic E-state index is 13.3. The minimum atomic E-state index is -0.475. The molecule has 25 heavy (non-hydrogen) atoms. The molecule has 1 aromatic heterocycles. The van der Waals surface area contributed by atoms with Gasteiger partial charge in [0.2, 0.25) is 0 Å². The zero-order chi connectivity index (χ0) is 18.0. The Morgan fingerprint density at radius 2 is 2.20 bits per heavy atom. The van der Waals surface area contributed by atoms with Crippen LogP contribution in [0.15, 0.2) is 24.3 Å². The van der Waals surface area contributed by atoms with E-state index in [9.17, 15) is 14.0 Å². The van der Waals surface area contributed by atoms with Gasteiger partial charge in [0.25, 0.3) is 5.91 Å². The number of hydrogen-bond donors (Lipinski definition) is 1. The molecule has 1 unspecified atom stereocenters. The van der Waals surface area contributed by atoms with Gasteiger partial charge < -0.3 is 10.1 Å². The summed E-state index contributed by atoms with van der Waals surface area (Å²) in [5.41, 5.74) is 1.64. The lowest BCUT2D eigenvalue weighted by atomic mass is 9.85. The summed E-state index contributed by atoms with van der Waals surface area (Å²) in [7, 11) is 1.34. The quantitative estimate of drug-likeness (QED) is 0.819. The molecule has 1 aliphatic rings. The molecular formula is C19H20FNO3S. The van der Waals surface area contributed by atoms with Crippen molar-refractivity contribution in [3.63, 3.8) is 0 Å². The number of methoxy groups -OCH3 is 1. The van der Waals surface area contributed by atoms with Gasteiger partial charge in [-0.05, 0) is 48.9 Å². The Bertz CT molecular complexity index is 815. The van der Waals surface area contributed by atoms with Crippen molar-refractivity contribution in [2.75, 3.05) is 12.4 Å². The molecule has 0 saturated heterocycles. The number of halogens is 1. The van der Waals surface area contributed by atoms with Crippen LogP contribution >= 0.6 is 11.3 Å². The lowest BCUT2D eigenvalue weighted by Gasteiger charge is -2.20. The number of benzene rings is 1. The molecule has 4 nitrogen and oxygen atoms in total. The molecular weight excluding hydrogens is 341 g/mol. The molecule has 3 rings (SSSR count). The third-order valence-corrected chi connectivity index (χ3v) is 5.82. The summed E-state index contributed by atoms with van der Waals surface area (Å²) in [4.78, 5) is 25.8. The van der Waals surface area contributed by atoms with Gasteiger partial charge >= 0.3 is 5.97 Å². The van der Waals surface area contributed by atoms with Crippen LogP contribution in [0, 0.1) is 11.7 Å². The van der Waals surface area contributed by atoms with Crippen LogP contribution in [-0.2, 0) is 17.6 Å². The number of amides is 1. The topological polar surface area (TPSA) is 55.4 Å². The number of hydrogen-bond acceptors (Lipinski definition) is 4. The molecule has 1 amide bonds. The number of nitrogens with one attached hydrogen (secondary N) is 1. The van der Waals surface area contributed by atoms with E-state index in [-0.39, 0.29) is 5.56 Å². The van der Waals surface area contributed by atoms with Crippen LogP contribution in [0.25, 0.3) is 0 Å². The lowest BCUT2D eigenvalue weighted by Crippen LogP contribution is -2.16. The third-order valence-electron chi connectivity index (χ3n) is 4.65. The third kappa shape index (κ3) is 3.58. The van der Waals surface area contributed by atoms with E-state index in [0.29, 0.717) is 16.5 Å². The molecule has 0 spiro atoms. The van der Waals surface area contributed by atoms with E-state index in [1.165, 1.54) is 42.7 Å². The van der Waals surface area contributed by atoms with Crippen LogP contribution in [0.4, 0.5) is 9.39 Å². The highest BCUT2D eigenvalue weighted by atomic mass is 32.1. The van der Waals surface area contributed by atoms with Crippen LogP contribution < -0.4 is 5.32 Å². The Labute approximate surface area is 150 Å². The van der Waals surface area contributed by atoms with E-state index >= 15 is 0 Å². The van der Waals surface area contributed by atoms with Crippen molar-refractivity contribution >= 4 is 28.2 Å². The summed E-state index contributed by atoms with van der Waals surface area (Å²) < 4.78 is 18.3. The average Bonchev–Trinajstić information content (AvgIpc) is 2.97. The van der Waals surface area contributed by atoms with Crippen molar-refractivity contribution in [1.82, 2.24) is 0 Å². The molecule has 0 saturated carbocycles. The summed E-state index contributed by atoms with van der Waals surface area (Å²) in [6, 6.07) is 5.48. The molecule has 1 aromatic carbocycles. The van der Waals surface area contributed by atoms with Crippen LogP contribution in [0.2, 0.25) is 0 Å². The number of carbonyl (C=O) groups excluding carboxylic acids is 2. The second-order valence-corrected chi connectivity index (χ2v) is 7.29. The molecule has 6 heteroatoms. The highest BCUT2D eigenvalue weighted by molar-refractivity contribution is 7.17.